The van der Waals surface area contributed by atoms with Crippen LogP contribution in [0.4, 0.5) is 0 Å². The first kappa shape index (κ1) is 10.5. The monoisotopic (exact) mass is 185 g/mol. The summed E-state index contributed by atoms with van der Waals surface area (Å²) >= 11 is 0. The Bertz CT molecular complexity index is 187. The lowest BCUT2D eigenvalue weighted by atomic mass is 10.00. The summed E-state index contributed by atoms with van der Waals surface area (Å²) in [6.07, 6.45) is 4.37. The molecule has 1 rings (SSSR count). The van der Waals surface area contributed by atoms with Crippen molar-refractivity contribution in [2.45, 2.75) is 45.6 Å². The average molecular weight is 185 g/mol. The van der Waals surface area contributed by atoms with Crippen molar-refractivity contribution in [3.8, 4) is 0 Å². The van der Waals surface area contributed by atoms with Crippen LogP contribution >= 0.6 is 0 Å². The Hall–Kier alpha value is -0.570. The standard InChI is InChI=1S/C10H19NO2/c1-3-13-9(12)8(11)4-5-10(2)6-7-10/h8H,3-7,11H2,1-2H3/t8-/m1/s1. The molecule has 0 aliphatic heterocycles. The lowest BCUT2D eigenvalue weighted by Gasteiger charge is -2.12. The summed E-state index contributed by atoms with van der Waals surface area (Å²) in [7, 11) is 0. The maximum absolute atomic E-state index is 11.1. The van der Waals surface area contributed by atoms with Gasteiger partial charge in [-0.2, -0.15) is 0 Å². The summed E-state index contributed by atoms with van der Waals surface area (Å²) in [5, 5.41) is 0. The van der Waals surface area contributed by atoms with Gasteiger partial charge in [0.15, 0.2) is 0 Å². The quantitative estimate of drug-likeness (QED) is 0.660. The van der Waals surface area contributed by atoms with Crippen LogP contribution in [0.1, 0.15) is 39.5 Å². The Labute approximate surface area is 79.6 Å². The zero-order valence-electron chi connectivity index (χ0n) is 8.51. The molecule has 0 unspecified atom stereocenters. The summed E-state index contributed by atoms with van der Waals surface area (Å²) in [4.78, 5) is 11.1. The maximum Gasteiger partial charge on any atom is 0.322 e. The number of carbonyl (C=O) groups is 1. The summed E-state index contributed by atoms with van der Waals surface area (Å²) in [6.45, 7) is 4.46. The van der Waals surface area contributed by atoms with E-state index < -0.39 is 6.04 Å². The average Bonchev–Trinajstić information content (AvgIpc) is 2.81. The van der Waals surface area contributed by atoms with Crippen molar-refractivity contribution in [2.24, 2.45) is 11.1 Å². The predicted molar refractivity (Wildman–Crippen MR) is 51.2 cm³/mol. The van der Waals surface area contributed by atoms with Gasteiger partial charge in [-0.05, 0) is 38.0 Å². The van der Waals surface area contributed by atoms with E-state index in [1.54, 1.807) is 6.92 Å². The van der Waals surface area contributed by atoms with E-state index in [4.69, 9.17) is 10.5 Å². The second-order valence-corrected chi connectivity index (χ2v) is 4.21. The molecule has 1 saturated carbocycles. The minimum Gasteiger partial charge on any atom is -0.465 e. The van der Waals surface area contributed by atoms with Gasteiger partial charge in [-0.15, -0.1) is 0 Å². The second kappa shape index (κ2) is 4.09. The van der Waals surface area contributed by atoms with Gasteiger partial charge in [0.05, 0.1) is 6.61 Å². The summed E-state index contributed by atoms with van der Waals surface area (Å²) in [5.74, 6) is -0.258. The first-order valence-corrected chi connectivity index (χ1v) is 4.99. The summed E-state index contributed by atoms with van der Waals surface area (Å²) in [6, 6.07) is -0.419. The molecule has 0 aromatic rings. The van der Waals surface area contributed by atoms with Crippen molar-refractivity contribution in [3.05, 3.63) is 0 Å². The fourth-order valence-electron chi connectivity index (χ4n) is 1.33. The lowest BCUT2D eigenvalue weighted by Crippen LogP contribution is -2.32. The highest BCUT2D eigenvalue weighted by molar-refractivity contribution is 5.75. The number of esters is 1. The molecule has 0 spiro atoms. The molecule has 13 heavy (non-hydrogen) atoms. The molecule has 0 saturated heterocycles. The third kappa shape index (κ3) is 3.35. The van der Waals surface area contributed by atoms with Crippen molar-refractivity contribution in [1.29, 1.82) is 0 Å². The Morgan fingerprint density at radius 2 is 2.23 bits per heavy atom. The van der Waals surface area contributed by atoms with Crippen molar-refractivity contribution in [2.75, 3.05) is 6.61 Å². The number of hydrogen-bond donors (Lipinski definition) is 1. The first-order valence-electron chi connectivity index (χ1n) is 4.99. The van der Waals surface area contributed by atoms with Gasteiger partial charge in [0.1, 0.15) is 6.04 Å². The molecule has 1 aliphatic rings. The minimum atomic E-state index is -0.419. The van der Waals surface area contributed by atoms with E-state index in [1.165, 1.54) is 12.8 Å². The highest BCUT2D eigenvalue weighted by Crippen LogP contribution is 2.48. The molecule has 1 atom stereocenters. The van der Waals surface area contributed by atoms with E-state index in [1.807, 2.05) is 0 Å². The third-order valence-corrected chi connectivity index (χ3v) is 2.75. The highest BCUT2D eigenvalue weighted by atomic mass is 16.5. The molecular formula is C10H19NO2. The van der Waals surface area contributed by atoms with Crippen LogP contribution in [-0.4, -0.2) is 18.6 Å². The molecule has 76 valence electrons. The number of nitrogens with two attached hydrogens (primary N) is 1. The smallest absolute Gasteiger partial charge is 0.322 e. The van der Waals surface area contributed by atoms with E-state index in [0.29, 0.717) is 12.0 Å². The van der Waals surface area contributed by atoms with E-state index in [-0.39, 0.29) is 5.97 Å². The van der Waals surface area contributed by atoms with Gasteiger partial charge in [-0.25, -0.2) is 0 Å². The summed E-state index contributed by atoms with van der Waals surface area (Å²) in [5.41, 5.74) is 6.14. The zero-order chi connectivity index (χ0) is 9.90. The van der Waals surface area contributed by atoms with Crippen LogP contribution in [0.15, 0.2) is 0 Å². The molecule has 0 radical (unpaired) electrons. The number of hydrogen-bond acceptors (Lipinski definition) is 3. The molecule has 3 heteroatoms. The largest absolute Gasteiger partial charge is 0.465 e. The van der Waals surface area contributed by atoms with Gasteiger partial charge in [0, 0.05) is 0 Å². The maximum atomic E-state index is 11.1. The van der Waals surface area contributed by atoms with Crippen LogP contribution in [0.5, 0.6) is 0 Å². The van der Waals surface area contributed by atoms with Gasteiger partial charge in [0.2, 0.25) is 0 Å². The molecule has 2 N–H and O–H groups in total. The Balaban J connectivity index is 2.16. The van der Waals surface area contributed by atoms with E-state index in [2.05, 4.69) is 6.92 Å². The van der Waals surface area contributed by atoms with E-state index >= 15 is 0 Å². The van der Waals surface area contributed by atoms with Gasteiger partial charge < -0.3 is 10.5 Å². The molecule has 0 bridgehead atoms. The molecule has 0 heterocycles. The molecule has 1 aliphatic carbocycles. The molecule has 0 aromatic carbocycles. The van der Waals surface area contributed by atoms with Gasteiger partial charge in [-0.1, -0.05) is 6.92 Å². The van der Waals surface area contributed by atoms with Crippen LogP contribution in [0.3, 0.4) is 0 Å². The Kier molecular flexibility index (Phi) is 3.31. The molecule has 0 amide bonds. The Morgan fingerprint density at radius 1 is 1.62 bits per heavy atom. The Morgan fingerprint density at radius 3 is 2.69 bits per heavy atom. The normalized spacial score (nSPS) is 20.8. The zero-order valence-corrected chi connectivity index (χ0v) is 8.51. The van der Waals surface area contributed by atoms with E-state index in [9.17, 15) is 4.79 Å². The van der Waals surface area contributed by atoms with Gasteiger partial charge in [0.25, 0.3) is 0 Å². The van der Waals surface area contributed by atoms with Gasteiger partial charge in [-0.3, -0.25) is 4.79 Å². The van der Waals surface area contributed by atoms with Gasteiger partial charge >= 0.3 is 5.97 Å². The summed E-state index contributed by atoms with van der Waals surface area (Å²) < 4.78 is 4.83. The number of ether oxygens (including phenoxy) is 1. The van der Waals surface area contributed by atoms with Crippen LogP contribution in [0, 0.1) is 5.41 Å². The predicted octanol–water partition coefficient (Wildman–Crippen LogP) is 1.46. The lowest BCUT2D eigenvalue weighted by molar-refractivity contribution is -0.144. The second-order valence-electron chi connectivity index (χ2n) is 4.21. The van der Waals surface area contributed by atoms with Crippen molar-refractivity contribution < 1.29 is 9.53 Å². The molecule has 1 fully saturated rings. The molecular weight excluding hydrogens is 166 g/mol. The van der Waals surface area contributed by atoms with Crippen LogP contribution in [0.25, 0.3) is 0 Å². The van der Waals surface area contributed by atoms with Crippen molar-refractivity contribution in [3.63, 3.8) is 0 Å². The van der Waals surface area contributed by atoms with Crippen LogP contribution in [-0.2, 0) is 9.53 Å². The first-order chi connectivity index (χ1) is 6.07. The molecule has 0 aromatic heterocycles. The van der Waals surface area contributed by atoms with Crippen LogP contribution < -0.4 is 5.73 Å². The topological polar surface area (TPSA) is 52.3 Å². The number of carbonyl (C=O) groups excluding carboxylic acids is 1. The fourth-order valence-corrected chi connectivity index (χ4v) is 1.33. The van der Waals surface area contributed by atoms with Crippen molar-refractivity contribution >= 4 is 5.97 Å². The van der Waals surface area contributed by atoms with Crippen molar-refractivity contribution in [1.82, 2.24) is 0 Å². The molecule has 3 nitrogen and oxygen atoms in total. The minimum absolute atomic E-state index is 0.258. The van der Waals surface area contributed by atoms with E-state index in [0.717, 1.165) is 12.8 Å². The third-order valence-electron chi connectivity index (χ3n) is 2.75. The van der Waals surface area contributed by atoms with Crippen LogP contribution in [0.2, 0.25) is 0 Å². The SMILES string of the molecule is CCOC(=O)[C@H](N)CCC1(C)CC1. The fraction of sp³-hybridized carbons (Fsp3) is 0.900. The number of rotatable bonds is 5. The highest BCUT2D eigenvalue weighted by Gasteiger charge is 2.37.